The third kappa shape index (κ3) is 3.49. The second kappa shape index (κ2) is 7.67. The van der Waals surface area contributed by atoms with Crippen molar-refractivity contribution in [3.63, 3.8) is 0 Å². The smallest absolute Gasteiger partial charge is 0.163 e. The zero-order chi connectivity index (χ0) is 19.6. The van der Waals surface area contributed by atoms with E-state index >= 15 is 0 Å². The van der Waals surface area contributed by atoms with Crippen LogP contribution in [-0.2, 0) is 0 Å². The summed E-state index contributed by atoms with van der Waals surface area (Å²) in [5.41, 5.74) is 0.872. The Hall–Kier alpha value is -3.19. The molecule has 0 radical (unpaired) electrons. The highest BCUT2D eigenvalue weighted by atomic mass is 16.5. The summed E-state index contributed by atoms with van der Waals surface area (Å²) in [4.78, 5) is 15.7. The molecule has 7 nitrogen and oxygen atoms in total. The lowest BCUT2D eigenvalue weighted by atomic mass is 10.1. The van der Waals surface area contributed by atoms with Crippen LogP contribution in [0, 0.1) is 0 Å². The number of hydrogen-bond acceptors (Lipinski definition) is 6. The largest absolute Gasteiger partial charge is 0.493 e. The summed E-state index contributed by atoms with van der Waals surface area (Å²) in [5.74, 6) is 2.26. The summed E-state index contributed by atoms with van der Waals surface area (Å²) in [6.45, 7) is 3.91. The molecule has 4 heterocycles. The fourth-order valence-electron chi connectivity index (χ4n) is 3.90. The molecule has 0 atom stereocenters. The predicted octanol–water partition coefficient (Wildman–Crippen LogP) is 3.45. The molecular weight excluding hydrogens is 366 g/mol. The van der Waals surface area contributed by atoms with Gasteiger partial charge in [-0.15, -0.1) is 0 Å². The van der Waals surface area contributed by atoms with E-state index in [2.05, 4.69) is 19.9 Å². The molecule has 1 aliphatic rings. The van der Waals surface area contributed by atoms with Crippen LogP contribution < -0.4 is 9.47 Å². The first kappa shape index (κ1) is 17.9. The Morgan fingerprint density at radius 1 is 1.00 bits per heavy atom. The van der Waals surface area contributed by atoms with Crippen molar-refractivity contribution in [1.29, 1.82) is 0 Å². The number of rotatable bonds is 6. The normalized spacial score (nSPS) is 14.7. The van der Waals surface area contributed by atoms with Gasteiger partial charge in [-0.1, -0.05) is 0 Å². The van der Waals surface area contributed by atoms with E-state index in [1.165, 1.54) is 25.9 Å². The fourth-order valence-corrected chi connectivity index (χ4v) is 3.90. The topological polar surface area (TPSA) is 65.3 Å². The average molecular weight is 389 g/mol. The Bertz CT molecular complexity index is 1140. The van der Waals surface area contributed by atoms with E-state index in [4.69, 9.17) is 9.47 Å². The van der Waals surface area contributed by atoms with Crippen LogP contribution in [0.15, 0.2) is 49.3 Å². The molecule has 4 aromatic rings. The molecule has 0 N–H and O–H groups in total. The summed E-state index contributed by atoms with van der Waals surface area (Å²) >= 11 is 0. The number of pyridine rings is 2. The molecular formula is C22H23N5O2. The highest BCUT2D eigenvalue weighted by Crippen LogP contribution is 2.35. The Morgan fingerprint density at radius 3 is 2.66 bits per heavy atom. The maximum absolute atomic E-state index is 6.06. The molecule has 1 aromatic carbocycles. The summed E-state index contributed by atoms with van der Waals surface area (Å²) in [6.07, 6.45) is 11.6. The van der Waals surface area contributed by atoms with Gasteiger partial charge in [0, 0.05) is 48.2 Å². The Labute approximate surface area is 168 Å². The highest BCUT2D eigenvalue weighted by molar-refractivity contribution is 6.06. The van der Waals surface area contributed by atoms with Crippen LogP contribution in [0.4, 0.5) is 0 Å². The van der Waals surface area contributed by atoms with Crippen molar-refractivity contribution in [3.05, 3.63) is 49.3 Å². The molecule has 0 unspecified atom stereocenters. The maximum atomic E-state index is 6.06. The van der Waals surface area contributed by atoms with Crippen LogP contribution >= 0.6 is 0 Å². The van der Waals surface area contributed by atoms with E-state index in [0.29, 0.717) is 12.4 Å². The molecule has 1 saturated heterocycles. The minimum Gasteiger partial charge on any atom is -0.493 e. The van der Waals surface area contributed by atoms with Gasteiger partial charge in [0.05, 0.1) is 12.6 Å². The van der Waals surface area contributed by atoms with Crippen molar-refractivity contribution < 1.29 is 9.47 Å². The summed E-state index contributed by atoms with van der Waals surface area (Å²) in [6, 6.07) is 6.02. The minimum absolute atomic E-state index is 0.643. The van der Waals surface area contributed by atoms with E-state index in [-0.39, 0.29) is 0 Å². The number of benzene rings is 1. The SMILES string of the molecule is COc1cc2c(cc1OCCN1CCCC1)ncc1cnc(-n3ccnc3)cc12. The first-order valence-corrected chi connectivity index (χ1v) is 9.92. The standard InChI is InChI=1S/C22H23N5O2/c1-28-20-10-18-17-11-22(27-7-4-23-15-27)25-14-16(17)13-24-19(18)12-21(20)29-9-8-26-5-2-3-6-26/h4,7,10-15H,2-3,5-6,8-9H2,1H3. The lowest BCUT2D eigenvalue weighted by Gasteiger charge is -2.17. The molecule has 5 rings (SSSR count). The van der Waals surface area contributed by atoms with Crippen LogP contribution in [0.1, 0.15) is 12.8 Å². The maximum Gasteiger partial charge on any atom is 0.163 e. The van der Waals surface area contributed by atoms with Crippen LogP contribution in [0.2, 0.25) is 0 Å². The van der Waals surface area contributed by atoms with Gasteiger partial charge in [-0.25, -0.2) is 9.97 Å². The number of imidazole rings is 1. The molecule has 148 valence electrons. The first-order chi connectivity index (χ1) is 14.3. The second-order valence-corrected chi connectivity index (χ2v) is 7.28. The third-order valence-electron chi connectivity index (χ3n) is 5.47. The van der Waals surface area contributed by atoms with Gasteiger partial charge in [0.15, 0.2) is 11.5 Å². The molecule has 7 heteroatoms. The molecule has 0 amide bonds. The van der Waals surface area contributed by atoms with Crippen molar-refractivity contribution in [2.24, 2.45) is 0 Å². The zero-order valence-electron chi connectivity index (χ0n) is 16.4. The molecule has 0 saturated carbocycles. The second-order valence-electron chi connectivity index (χ2n) is 7.28. The van der Waals surface area contributed by atoms with Crippen LogP contribution in [-0.4, -0.2) is 57.8 Å². The number of hydrogen-bond donors (Lipinski definition) is 0. The first-order valence-electron chi connectivity index (χ1n) is 9.92. The molecule has 3 aromatic heterocycles. The number of nitrogens with zero attached hydrogens (tertiary/aromatic N) is 5. The highest BCUT2D eigenvalue weighted by Gasteiger charge is 2.14. The minimum atomic E-state index is 0.643. The summed E-state index contributed by atoms with van der Waals surface area (Å²) in [5, 5.41) is 3.05. The number of aromatic nitrogens is 4. The van der Waals surface area contributed by atoms with E-state index in [9.17, 15) is 0 Å². The van der Waals surface area contributed by atoms with E-state index < -0.39 is 0 Å². The lowest BCUT2D eigenvalue weighted by Crippen LogP contribution is -2.25. The van der Waals surface area contributed by atoms with Crippen molar-refractivity contribution >= 4 is 21.7 Å². The molecule has 0 spiro atoms. The summed E-state index contributed by atoms with van der Waals surface area (Å²) in [7, 11) is 1.67. The van der Waals surface area contributed by atoms with Crippen molar-refractivity contribution in [2.75, 3.05) is 33.4 Å². The number of likely N-dealkylation sites (tertiary alicyclic amines) is 1. The van der Waals surface area contributed by atoms with Gasteiger partial charge >= 0.3 is 0 Å². The third-order valence-corrected chi connectivity index (χ3v) is 5.47. The molecule has 1 aliphatic heterocycles. The summed E-state index contributed by atoms with van der Waals surface area (Å²) < 4.78 is 13.6. The molecule has 29 heavy (non-hydrogen) atoms. The van der Waals surface area contributed by atoms with Crippen LogP contribution in [0.25, 0.3) is 27.5 Å². The quantitative estimate of drug-likeness (QED) is 0.471. The monoisotopic (exact) mass is 389 g/mol. The number of methoxy groups -OCH3 is 1. The van der Waals surface area contributed by atoms with Crippen molar-refractivity contribution in [1.82, 2.24) is 24.4 Å². The van der Waals surface area contributed by atoms with Gasteiger partial charge in [0.1, 0.15) is 18.8 Å². The lowest BCUT2D eigenvalue weighted by molar-refractivity contribution is 0.230. The molecule has 0 aliphatic carbocycles. The van der Waals surface area contributed by atoms with Crippen molar-refractivity contribution in [3.8, 4) is 17.3 Å². The molecule has 1 fully saturated rings. The fraction of sp³-hybridized carbons (Fsp3) is 0.318. The van der Waals surface area contributed by atoms with Gasteiger partial charge in [-0.3, -0.25) is 14.5 Å². The number of ether oxygens (including phenoxy) is 2. The van der Waals surface area contributed by atoms with E-state index in [1.54, 1.807) is 19.6 Å². The van der Waals surface area contributed by atoms with E-state index in [0.717, 1.165) is 39.8 Å². The van der Waals surface area contributed by atoms with Crippen LogP contribution in [0.3, 0.4) is 0 Å². The average Bonchev–Trinajstić information content (AvgIpc) is 3.47. The van der Waals surface area contributed by atoms with Gasteiger partial charge in [-0.2, -0.15) is 0 Å². The predicted molar refractivity (Wildman–Crippen MR) is 112 cm³/mol. The van der Waals surface area contributed by atoms with Gasteiger partial charge in [0.2, 0.25) is 0 Å². The number of fused-ring (bicyclic) bond motifs is 3. The Morgan fingerprint density at radius 2 is 1.86 bits per heavy atom. The van der Waals surface area contributed by atoms with E-state index in [1.807, 2.05) is 41.4 Å². The Balaban J connectivity index is 1.51. The van der Waals surface area contributed by atoms with Gasteiger partial charge in [0.25, 0.3) is 0 Å². The van der Waals surface area contributed by atoms with Gasteiger partial charge in [-0.05, 0) is 43.5 Å². The Kier molecular flexibility index (Phi) is 4.73. The zero-order valence-corrected chi connectivity index (χ0v) is 16.4. The molecule has 0 bridgehead atoms. The van der Waals surface area contributed by atoms with Crippen molar-refractivity contribution in [2.45, 2.75) is 12.8 Å². The van der Waals surface area contributed by atoms with Crippen LogP contribution in [0.5, 0.6) is 11.5 Å². The van der Waals surface area contributed by atoms with Gasteiger partial charge < -0.3 is 9.47 Å².